The van der Waals surface area contributed by atoms with Crippen molar-refractivity contribution in [1.82, 2.24) is 14.7 Å². The fourth-order valence-electron chi connectivity index (χ4n) is 2.64. The first-order valence-corrected chi connectivity index (χ1v) is 6.68. The van der Waals surface area contributed by atoms with E-state index in [1.165, 1.54) is 7.11 Å². The minimum absolute atomic E-state index is 0.366. The number of carbonyl (C=O) groups is 1. The van der Waals surface area contributed by atoms with Crippen molar-refractivity contribution in [1.29, 1.82) is 0 Å². The van der Waals surface area contributed by atoms with E-state index in [0.717, 1.165) is 25.2 Å². The minimum atomic E-state index is -0.654. The Balaban J connectivity index is 2.14. The van der Waals surface area contributed by atoms with E-state index in [0.29, 0.717) is 13.0 Å². The minimum Gasteiger partial charge on any atom is -0.468 e. The van der Waals surface area contributed by atoms with Gasteiger partial charge in [-0.1, -0.05) is 0 Å². The van der Waals surface area contributed by atoms with Gasteiger partial charge in [0, 0.05) is 19.3 Å². The van der Waals surface area contributed by atoms with Gasteiger partial charge in [-0.3, -0.25) is 14.4 Å². The SMILES string of the molecule is CCn1nccc1CN1CCC[C@H](O)[C@@H]1C(=O)OC. The Morgan fingerprint density at radius 1 is 1.63 bits per heavy atom. The van der Waals surface area contributed by atoms with Gasteiger partial charge in [-0.15, -0.1) is 0 Å². The van der Waals surface area contributed by atoms with E-state index in [2.05, 4.69) is 5.10 Å². The Hall–Kier alpha value is -1.40. The number of aromatic nitrogens is 2. The van der Waals surface area contributed by atoms with E-state index in [1.54, 1.807) is 6.20 Å². The fourth-order valence-corrected chi connectivity index (χ4v) is 2.64. The molecule has 0 amide bonds. The van der Waals surface area contributed by atoms with Crippen molar-refractivity contribution < 1.29 is 14.6 Å². The first kappa shape index (κ1) is 14.0. The van der Waals surface area contributed by atoms with E-state index >= 15 is 0 Å². The van der Waals surface area contributed by atoms with Gasteiger partial charge in [0.2, 0.25) is 0 Å². The Morgan fingerprint density at radius 3 is 3.11 bits per heavy atom. The summed E-state index contributed by atoms with van der Waals surface area (Å²) in [4.78, 5) is 13.8. The monoisotopic (exact) mass is 267 g/mol. The van der Waals surface area contributed by atoms with Crippen LogP contribution in [0.15, 0.2) is 12.3 Å². The Bertz CT molecular complexity index is 433. The molecule has 106 valence electrons. The lowest BCUT2D eigenvalue weighted by Crippen LogP contribution is -2.52. The van der Waals surface area contributed by atoms with Crippen LogP contribution in [0, 0.1) is 0 Å². The van der Waals surface area contributed by atoms with E-state index < -0.39 is 12.1 Å². The van der Waals surface area contributed by atoms with Crippen LogP contribution in [-0.2, 0) is 22.6 Å². The average Bonchev–Trinajstić information content (AvgIpc) is 2.85. The summed E-state index contributed by atoms with van der Waals surface area (Å²) in [6.07, 6.45) is 2.63. The lowest BCUT2D eigenvalue weighted by atomic mass is 9.98. The summed E-state index contributed by atoms with van der Waals surface area (Å²) in [7, 11) is 1.36. The van der Waals surface area contributed by atoms with Crippen molar-refractivity contribution >= 4 is 5.97 Å². The van der Waals surface area contributed by atoms with Crippen LogP contribution in [0.25, 0.3) is 0 Å². The molecular formula is C13H21N3O3. The van der Waals surface area contributed by atoms with Gasteiger partial charge in [-0.25, -0.2) is 0 Å². The lowest BCUT2D eigenvalue weighted by Gasteiger charge is -2.36. The maximum absolute atomic E-state index is 11.8. The highest BCUT2D eigenvalue weighted by molar-refractivity contribution is 5.76. The number of aryl methyl sites for hydroxylation is 1. The topological polar surface area (TPSA) is 67.6 Å². The summed E-state index contributed by atoms with van der Waals surface area (Å²) in [5, 5.41) is 14.3. The van der Waals surface area contributed by atoms with Gasteiger partial charge in [-0.05, 0) is 32.4 Å². The normalized spacial score (nSPS) is 24.4. The summed E-state index contributed by atoms with van der Waals surface area (Å²) in [6, 6.07) is 1.37. The maximum atomic E-state index is 11.8. The molecule has 1 aliphatic heterocycles. The number of likely N-dealkylation sites (tertiary alicyclic amines) is 1. The van der Waals surface area contributed by atoms with Crippen LogP contribution in [-0.4, -0.2) is 51.6 Å². The molecule has 1 fully saturated rings. The zero-order valence-corrected chi connectivity index (χ0v) is 11.5. The smallest absolute Gasteiger partial charge is 0.325 e. The van der Waals surface area contributed by atoms with Gasteiger partial charge >= 0.3 is 5.97 Å². The van der Waals surface area contributed by atoms with Gasteiger partial charge in [0.05, 0.1) is 18.9 Å². The van der Waals surface area contributed by atoms with Crippen LogP contribution in [0.4, 0.5) is 0 Å². The van der Waals surface area contributed by atoms with E-state index in [-0.39, 0.29) is 5.97 Å². The quantitative estimate of drug-likeness (QED) is 0.800. The maximum Gasteiger partial charge on any atom is 0.325 e. The number of rotatable bonds is 4. The van der Waals surface area contributed by atoms with Gasteiger partial charge in [0.15, 0.2) is 0 Å². The Labute approximate surface area is 113 Å². The molecule has 1 aromatic rings. The first-order valence-electron chi connectivity index (χ1n) is 6.68. The third-order valence-electron chi connectivity index (χ3n) is 3.61. The number of aliphatic hydroxyl groups is 1. The number of carbonyl (C=O) groups excluding carboxylic acids is 1. The van der Waals surface area contributed by atoms with Gasteiger partial charge in [0.1, 0.15) is 6.04 Å². The number of nitrogens with zero attached hydrogens (tertiary/aromatic N) is 3. The van der Waals surface area contributed by atoms with E-state index in [4.69, 9.17) is 4.74 Å². The fraction of sp³-hybridized carbons (Fsp3) is 0.692. The van der Waals surface area contributed by atoms with Crippen LogP contribution in [0.1, 0.15) is 25.5 Å². The van der Waals surface area contributed by atoms with Crippen LogP contribution < -0.4 is 0 Å². The van der Waals surface area contributed by atoms with Crippen molar-refractivity contribution in [3.63, 3.8) is 0 Å². The molecular weight excluding hydrogens is 246 g/mol. The molecule has 19 heavy (non-hydrogen) atoms. The summed E-state index contributed by atoms with van der Waals surface area (Å²) in [5.74, 6) is -0.366. The average molecular weight is 267 g/mol. The first-order chi connectivity index (χ1) is 9.17. The number of esters is 1. The Kier molecular flexibility index (Phi) is 4.55. The van der Waals surface area contributed by atoms with E-state index in [9.17, 15) is 9.90 Å². The third kappa shape index (κ3) is 2.96. The second-order valence-corrected chi connectivity index (χ2v) is 4.79. The number of hydrogen-bond acceptors (Lipinski definition) is 5. The molecule has 0 bridgehead atoms. The van der Waals surface area contributed by atoms with Gasteiger partial charge < -0.3 is 9.84 Å². The van der Waals surface area contributed by atoms with Crippen LogP contribution in [0.3, 0.4) is 0 Å². The second kappa shape index (κ2) is 6.16. The number of methoxy groups -OCH3 is 1. The van der Waals surface area contributed by atoms with Crippen molar-refractivity contribution in [3.8, 4) is 0 Å². The molecule has 0 unspecified atom stereocenters. The molecule has 2 heterocycles. The molecule has 0 radical (unpaired) electrons. The predicted molar refractivity (Wildman–Crippen MR) is 69.4 cm³/mol. The standard InChI is InChI=1S/C13H21N3O3/c1-3-16-10(6-7-14-16)9-15-8-4-5-11(17)12(15)13(18)19-2/h6-7,11-12,17H,3-5,8-9H2,1-2H3/t11-,12+/m0/s1. The lowest BCUT2D eigenvalue weighted by molar-refractivity contribution is -0.154. The highest BCUT2D eigenvalue weighted by Gasteiger charge is 2.36. The number of ether oxygens (including phenoxy) is 1. The van der Waals surface area contributed by atoms with Crippen LogP contribution in [0.5, 0.6) is 0 Å². The molecule has 1 aromatic heterocycles. The highest BCUT2D eigenvalue weighted by Crippen LogP contribution is 2.21. The van der Waals surface area contributed by atoms with Crippen molar-refractivity contribution in [2.24, 2.45) is 0 Å². The molecule has 0 aliphatic carbocycles. The Morgan fingerprint density at radius 2 is 2.42 bits per heavy atom. The molecule has 0 saturated carbocycles. The molecule has 0 spiro atoms. The molecule has 2 atom stereocenters. The van der Waals surface area contributed by atoms with Gasteiger partial charge in [-0.2, -0.15) is 5.10 Å². The van der Waals surface area contributed by atoms with Crippen LogP contribution in [0.2, 0.25) is 0 Å². The molecule has 6 nitrogen and oxygen atoms in total. The molecule has 1 N–H and O–H groups in total. The van der Waals surface area contributed by atoms with Crippen molar-refractivity contribution in [2.45, 2.75) is 45.0 Å². The zero-order chi connectivity index (χ0) is 13.8. The molecule has 1 aliphatic rings. The summed E-state index contributed by atoms with van der Waals surface area (Å²) in [6.45, 7) is 4.21. The highest BCUT2D eigenvalue weighted by atomic mass is 16.5. The summed E-state index contributed by atoms with van der Waals surface area (Å²) in [5.41, 5.74) is 1.05. The summed E-state index contributed by atoms with van der Waals surface area (Å²) < 4.78 is 6.70. The number of aliphatic hydroxyl groups excluding tert-OH is 1. The van der Waals surface area contributed by atoms with E-state index in [1.807, 2.05) is 22.6 Å². The molecule has 2 rings (SSSR count). The van der Waals surface area contributed by atoms with Crippen molar-refractivity contribution in [3.05, 3.63) is 18.0 Å². The number of piperidine rings is 1. The largest absolute Gasteiger partial charge is 0.468 e. The second-order valence-electron chi connectivity index (χ2n) is 4.79. The van der Waals surface area contributed by atoms with Gasteiger partial charge in [0.25, 0.3) is 0 Å². The molecule has 6 heteroatoms. The zero-order valence-electron chi connectivity index (χ0n) is 11.5. The summed E-state index contributed by atoms with van der Waals surface area (Å²) >= 11 is 0. The van der Waals surface area contributed by atoms with Crippen LogP contribution >= 0.6 is 0 Å². The predicted octanol–water partition coefficient (Wildman–Crippen LogP) is 0.401. The molecule has 0 aromatic carbocycles. The molecule has 1 saturated heterocycles. The number of hydrogen-bond donors (Lipinski definition) is 1. The van der Waals surface area contributed by atoms with Crippen molar-refractivity contribution in [2.75, 3.05) is 13.7 Å². The third-order valence-corrected chi connectivity index (χ3v) is 3.61.